The summed E-state index contributed by atoms with van der Waals surface area (Å²) < 4.78 is 0. The molecule has 0 saturated heterocycles. The van der Waals surface area contributed by atoms with E-state index in [1.807, 2.05) is 34.6 Å². The second-order valence-corrected chi connectivity index (χ2v) is 4.35. The third-order valence-corrected chi connectivity index (χ3v) is 3.04. The van der Waals surface area contributed by atoms with Crippen LogP contribution in [-0.4, -0.2) is 0 Å². The van der Waals surface area contributed by atoms with Crippen LogP contribution >= 0.6 is 0 Å². The molecule has 0 N–H and O–H groups in total. The molecule has 0 heteroatoms. The molecule has 0 unspecified atom stereocenters. The van der Waals surface area contributed by atoms with E-state index in [0.29, 0.717) is 0 Å². The lowest BCUT2D eigenvalue weighted by atomic mass is 9.96. The van der Waals surface area contributed by atoms with E-state index >= 15 is 0 Å². The summed E-state index contributed by atoms with van der Waals surface area (Å²) in [4.78, 5) is 0. The number of hydrogen-bond donors (Lipinski definition) is 0. The molecule has 0 atom stereocenters. The van der Waals surface area contributed by atoms with Gasteiger partial charge in [-0.25, -0.2) is 0 Å². The fraction of sp³-hybridized carbons (Fsp3) is 0.474. The summed E-state index contributed by atoms with van der Waals surface area (Å²) in [6.45, 7) is 22.6. The summed E-state index contributed by atoms with van der Waals surface area (Å²) in [7, 11) is 0. The van der Waals surface area contributed by atoms with E-state index in [2.05, 4.69) is 52.5 Å². The highest BCUT2D eigenvalue weighted by atomic mass is 14.1. The Labute approximate surface area is 121 Å². The van der Waals surface area contributed by atoms with Crippen molar-refractivity contribution < 1.29 is 0 Å². The van der Waals surface area contributed by atoms with Crippen molar-refractivity contribution in [2.45, 2.75) is 62.3 Å². The van der Waals surface area contributed by atoms with E-state index < -0.39 is 0 Å². The van der Waals surface area contributed by atoms with Gasteiger partial charge in [0.25, 0.3) is 0 Å². The molecule has 0 fully saturated rings. The molecule has 0 aromatic heterocycles. The Morgan fingerprint density at radius 2 is 1.32 bits per heavy atom. The zero-order valence-corrected chi connectivity index (χ0v) is 14.4. The quantitative estimate of drug-likeness (QED) is 0.523. The predicted molar refractivity (Wildman–Crippen MR) is 91.8 cm³/mol. The van der Waals surface area contributed by atoms with Gasteiger partial charge in [0.2, 0.25) is 0 Å². The van der Waals surface area contributed by atoms with Crippen LogP contribution in [-0.2, 0) is 0 Å². The molecule has 0 saturated carbocycles. The zero-order chi connectivity index (χ0) is 15.6. The normalized spacial score (nSPS) is 9.84. The Kier molecular flexibility index (Phi) is 11.2. The van der Waals surface area contributed by atoms with E-state index in [1.54, 1.807) is 0 Å². The summed E-state index contributed by atoms with van der Waals surface area (Å²) >= 11 is 0. The van der Waals surface area contributed by atoms with Gasteiger partial charge in [-0.1, -0.05) is 58.1 Å². The Bertz CT molecular complexity index is 420. The maximum Gasteiger partial charge on any atom is -0.0193 e. The summed E-state index contributed by atoms with van der Waals surface area (Å²) in [6.07, 6.45) is 2.24. The fourth-order valence-electron chi connectivity index (χ4n) is 1.53. The van der Waals surface area contributed by atoms with Crippen molar-refractivity contribution in [2.24, 2.45) is 0 Å². The van der Waals surface area contributed by atoms with Gasteiger partial charge in [0.1, 0.15) is 0 Å². The monoisotopic (exact) mass is 260 g/mol. The first-order chi connectivity index (χ1) is 8.93. The van der Waals surface area contributed by atoms with Gasteiger partial charge >= 0.3 is 0 Å². The lowest BCUT2D eigenvalue weighted by molar-refractivity contribution is 1.27. The van der Waals surface area contributed by atoms with Gasteiger partial charge in [-0.15, -0.1) is 0 Å². The summed E-state index contributed by atoms with van der Waals surface area (Å²) in [5, 5.41) is 0. The standard InChI is InChI=1S/C15H20.2C2H6/c1-10(2)13(5)9-15-12(4)8-7-11(3)14(15)6;2*1-2/h7-9H,1H2,2-6H3;2*1-2H3/b13-9+;;. The Morgan fingerprint density at radius 1 is 0.895 bits per heavy atom. The van der Waals surface area contributed by atoms with Gasteiger partial charge in [0.15, 0.2) is 0 Å². The van der Waals surface area contributed by atoms with E-state index in [4.69, 9.17) is 0 Å². The number of hydrogen-bond acceptors (Lipinski definition) is 0. The van der Waals surface area contributed by atoms with Crippen LogP contribution in [0.3, 0.4) is 0 Å². The van der Waals surface area contributed by atoms with Crippen LogP contribution < -0.4 is 0 Å². The SMILES string of the molecule is C=C(C)/C(C)=C/c1c(C)ccc(C)c1C.CC.CC. The highest BCUT2D eigenvalue weighted by Gasteiger charge is 2.02. The molecule has 1 aromatic rings. The van der Waals surface area contributed by atoms with Crippen molar-refractivity contribution in [1.82, 2.24) is 0 Å². The first kappa shape index (κ1) is 20.0. The maximum absolute atomic E-state index is 3.96. The molecule has 0 nitrogen and oxygen atoms in total. The lowest BCUT2D eigenvalue weighted by Gasteiger charge is -2.10. The summed E-state index contributed by atoms with van der Waals surface area (Å²) in [5.74, 6) is 0. The van der Waals surface area contributed by atoms with Gasteiger partial charge in [-0.05, 0) is 62.4 Å². The molecule has 108 valence electrons. The Balaban J connectivity index is 0. The molecule has 0 aliphatic carbocycles. The molecule has 19 heavy (non-hydrogen) atoms. The highest BCUT2D eigenvalue weighted by Crippen LogP contribution is 2.22. The van der Waals surface area contributed by atoms with Crippen molar-refractivity contribution in [3.63, 3.8) is 0 Å². The molecule has 0 heterocycles. The predicted octanol–water partition coefficient (Wildman–Crippen LogP) is 6.64. The van der Waals surface area contributed by atoms with Crippen LogP contribution in [0.15, 0.2) is 29.9 Å². The first-order valence-electron chi connectivity index (χ1n) is 7.34. The minimum atomic E-state index is 1.13. The molecule has 0 bridgehead atoms. The van der Waals surface area contributed by atoms with Gasteiger partial charge in [0.05, 0.1) is 0 Å². The van der Waals surface area contributed by atoms with Gasteiger partial charge in [0, 0.05) is 0 Å². The Hall–Kier alpha value is -1.30. The smallest absolute Gasteiger partial charge is 0.0193 e. The molecular formula is C19H32. The minimum Gasteiger partial charge on any atom is -0.0958 e. The molecule has 1 aromatic carbocycles. The molecule has 0 aliphatic heterocycles. The molecule has 0 radical (unpaired) electrons. The van der Waals surface area contributed by atoms with Crippen LogP contribution in [0.4, 0.5) is 0 Å². The lowest BCUT2D eigenvalue weighted by Crippen LogP contribution is -1.91. The summed E-state index contributed by atoms with van der Waals surface area (Å²) in [5.41, 5.74) is 7.79. The van der Waals surface area contributed by atoms with Crippen molar-refractivity contribution in [1.29, 1.82) is 0 Å². The van der Waals surface area contributed by atoms with Crippen LogP contribution in [0, 0.1) is 20.8 Å². The average Bonchev–Trinajstić information content (AvgIpc) is 2.43. The average molecular weight is 260 g/mol. The van der Waals surface area contributed by atoms with E-state index in [9.17, 15) is 0 Å². The maximum atomic E-state index is 3.96. The Morgan fingerprint density at radius 3 is 1.74 bits per heavy atom. The second kappa shape index (κ2) is 10.6. The molecule has 0 aliphatic rings. The minimum absolute atomic E-state index is 1.13. The van der Waals surface area contributed by atoms with Crippen LogP contribution in [0.5, 0.6) is 0 Å². The second-order valence-electron chi connectivity index (χ2n) is 4.35. The third-order valence-electron chi connectivity index (χ3n) is 3.04. The van der Waals surface area contributed by atoms with Gasteiger partial charge in [-0.2, -0.15) is 0 Å². The van der Waals surface area contributed by atoms with Gasteiger partial charge < -0.3 is 0 Å². The largest absolute Gasteiger partial charge is 0.0958 e. The fourth-order valence-corrected chi connectivity index (χ4v) is 1.53. The van der Waals surface area contributed by atoms with Crippen molar-refractivity contribution in [3.8, 4) is 0 Å². The number of rotatable bonds is 2. The number of benzene rings is 1. The molecular weight excluding hydrogens is 228 g/mol. The van der Waals surface area contributed by atoms with E-state index in [-0.39, 0.29) is 0 Å². The zero-order valence-electron chi connectivity index (χ0n) is 14.4. The first-order valence-corrected chi connectivity index (χ1v) is 7.34. The number of aryl methyl sites for hydroxylation is 2. The number of allylic oxidation sites excluding steroid dienone is 2. The van der Waals surface area contributed by atoms with E-state index in [0.717, 1.165) is 5.57 Å². The summed E-state index contributed by atoms with van der Waals surface area (Å²) in [6, 6.07) is 4.36. The third kappa shape index (κ3) is 6.42. The van der Waals surface area contributed by atoms with Crippen molar-refractivity contribution >= 4 is 6.08 Å². The van der Waals surface area contributed by atoms with Crippen LogP contribution in [0.1, 0.15) is 63.8 Å². The van der Waals surface area contributed by atoms with E-state index in [1.165, 1.54) is 27.8 Å². The van der Waals surface area contributed by atoms with Crippen molar-refractivity contribution in [3.05, 3.63) is 52.1 Å². The van der Waals surface area contributed by atoms with Crippen LogP contribution in [0.25, 0.3) is 6.08 Å². The van der Waals surface area contributed by atoms with Gasteiger partial charge in [-0.3, -0.25) is 0 Å². The molecule has 0 spiro atoms. The molecule has 1 rings (SSSR count). The van der Waals surface area contributed by atoms with Crippen LogP contribution in [0.2, 0.25) is 0 Å². The highest BCUT2D eigenvalue weighted by molar-refractivity contribution is 5.64. The topological polar surface area (TPSA) is 0 Å². The molecule has 0 amide bonds. The van der Waals surface area contributed by atoms with Crippen molar-refractivity contribution in [2.75, 3.05) is 0 Å².